The van der Waals surface area contributed by atoms with E-state index in [1.165, 1.54) is 0 Å². The molecule has 0 saturated carbocycles. The van der Waals surface area contributed by atoms with Gasteiger partial charge in [-0.25, -0.2) is 9.78 Å². The number of benzene rings is 2. The quantitative estimate of drug-likeness (QED) is 0.532. The average molecular weight is 289 g/mol. The van der Waals surface area contributed by atoms with Gasteiger partial charge in [0.2, 0.25) is 0 Å². The van der Waals surface area contributed by atoms with Gasteiger partial charge in [-0.05, 0) is 12.1 Å². The van der Waals surface area contributed by atoms with Gasteiger partial charge < -0.3 is 4.74 Å². The zero-order valence-corrected chi connectivity index (χ0v) is 12.0. The summed E-state index contributed by atoms with van der Waals surface area (Å²) in [5, 5.41) is 0.788. The molecule has 108 valence electrons. The van der Waals surface area contributed by atoms with Gasteiger partial charge in [-0.2, -0.15) is 0 Å². The van der Waals surface area contributed by atoms with Gasteiger partial charge in [0.15, 0.2) is 0 Å². The van der Waals surface area contributed by atoms with Crippen LogP contribution in [0.5, 0.6) is 0 Å². The number of ether oxygens (including phenoxy) is 1. The predicted molar refractivity (Wildman–Crippen MR) is 87.7 cm³/mol. The largest absolute Gasteiger partial charge is 0.458 e. The van der Waals surface area contributed by atoms with E-state index in [1.807, 2.05) is 54.6 Å². The van der Waals surface area contributed by atoms with Crippen molar-refractivity contribution in [1.82, 2.24) is 4.98 Å². The van der Waals surface area contributed by atoms with Crippen LogP contribution in [0.2, 0.25) is 0 Å². The van der Waals surface area contributed by atoms with Crippen LogP contribution in [-0.4, -0.2) is 17.6 Å². The fourth-order valence-corrected chi connectivity index (χ4v) is 2.31. The van der Waals surface area contributed by atoms with Crippen LogP contribution in [0, 0.1) is 0 Å². The third-order valence-electron chi connectivity index (χ3n) is 3.34. The summed E-state index contributed by atoms with van der Waals surface area (Å²) in [7, 11) is 0. The Kier molecular flexibility index (Phi) is 3.97. The molecule has 3 rings (SSSR count). The number of pyridine rings is 1. The first kappa shape index (κ1) is 14.0. The maximum Gasteiger partial charge on any atom is 0.339 e. The van der Waals surface area contributed by atoms with Gasteiger partial charge >= 0.3 is 5.97 Å². The molecule has 22 heavy (non-hydrogen) atoms. The molecule has 1 heterocycles. The Morgan fingerprint density at radius 2 is 1.82 bits per heavy atom. The fourth-order valence-electron chi connectivity index (χ4n) is 2.31. The second kappa shape index (κ2) is 6.22. The zero-order valence-electron chi connectivity index (χ0n) is 12.0. The fraction of sp³-hybridized carbons (Fsp3) is 0.0526. The highest BCUT2D eigenvalue weighted by Crippen LogP contribution is 2.25. The van der Waals surface area contributed by atoms with Crippen molar-refractivity contribution in [1.29, 1.82) is 0 Å². The highest BCUT2D eigenvalue weighted by Gasteiger charge is 2.14. The van der Waals surface area contributed by atoms with Crippen molar-refractivity contribution in [2.45, 2.75) is 0 Å². The van der Waals surface area contributed by atoms with Gasteiger partial charge in [0.25, 0.3) is 0 Å². The molecule has 0 unspecified atom stereocenters. The molecule has 0 spiro atoms. The molecule has 2 aromatic carbocycles. The molecule has 3 heteroatoms. The molecule has 0 amide bonds. The zero-order chi connectivity index (χ0) is 15.4. The van der Waals surface area contributed by atoms with Crippen LogP contribution < -0.4 is 0 Å². The molecule has 0 aliphatic heterocycles. The smallest absolute Gasteiger partial charge is 0.339 e. The second-order valence-corrected chi connectivity index (χ2v) is 4.83. The number of rotatable bonds is 4. The van der Waals surface area contributed by atoms with E-state index in [0.717, 1.165) is 22.2 Å². The van der Waals surface area contributed by atoms with E-state index in [-0.39, 0.29) is 12.6 Å². The molecule has 0 saturated heterocycles. The topological polar surface area (TPSA) is 39.2 Å². The normalized spacial score (nSPS) is 10.4. The number of aromatic nitrogens is 1. The van der Waals surface area contributed by atoms with Crippen LogP contribution in [-0.2, 0) is 4.74 Å². The maximum atomic E-state index is 12.3. The van der Waals surface area contributed by atoms with Crippen LogP contribution in [0.3, 0.4) is 0 Å². The van der Waals surface area contributed by atoms with Crippen LogP contribution >= 0.6 is 0 Å². The monoisotopic (exact) mass is 289 g/mol. The third kappa shape index (κ3) is 2.74. The van der Waals surface area contributed by atoms with Gasteiger partial charge in [0, 0.05) is 10.9 Å². The van der Waals surface area contributed by atoms with Gasteiger partial charge in [-0.15, -0.1) is 0 Å². The lowest BCUT2D eigenvalue weighted by Gasteiger charge is -2.09. The first-order chi connectivity index (χ1) is 10.8. The Balaban J connectivity index is 2.16. The van der Waals surface area contributed by atoms with Crippen molar-refractivity contribution in [2.24, 2.45) is 0 Å². The molecule has 0 radical (unpaired) electrons. The number of nitrogens with zero attached hydrogens (tertiary/aromatic N) is 1. The van der Waals surface area contributed by atoms with Crippen molar-refractivity contribution in [3.05, 3.63) is 78.9 Å². The molecule has 0 atom stereocenters. The van der Waals surface area contributed by atoms with Crippen LogP contribution in [0.1, 0.15) is 10.4 Å². The summed E-state index contributed by atoms with van der Waals surface area (Å²) in [5.41, 5.74) is 3.01. The minimum atomic E-state index is -0.365. The summed E-state index contributed by atoms with van der Waals surface area (Å²) >= 11 is 0. The number of esters is 1. The molecule has 3 nitrogen and oxygen atoms in total. The van der Waals surface area contributed by atoms with Crippen LogP contribution in [0.25, 0.3) is 22.2 Å². The van der Waals surface area contributed by atoms with E-state index in [1.54, 1.807) is 12.1 Å². The Bertz CT molecular complexity index is 825. The number of fused-ring (bicyclic) bond motifs is 1. The predicted octanol–water partition coefficient (Wildman–Crippen LogP) is 4.24. The molecule has 0 aliphatic carbocycles. The highest BCUT2D eigenvalue weighted by atomic mass is 16.5. The lowest BCUT2D eigenvalue weighted by Crippen LogP contribution is -2.07. The van der Waals surface area contributed by atoms with Gasteiger partial charge in [0.05, 0.1) is 16.8 Å². The summed E-state index contributed by atoms with van der Waals surface area (Å²) in [6.07, 6.45) is 1.55. The van der Waals surface area contributed by atoms with Crippen molar-refractivity contribution >= 4 is 16.9 Å². The Morgan fingerprint density at radius 1 is 1.09 bits per heavy atom. The molecule has 0 N–H and O–H groups in total. The molecule has 1 aromatic heterocycles. The second-order valence-electron chi connectivity index (χ2n) is 4.83. The third-order valence-corrected chi connectivity index (χ3v) is 3.34. The molecule has 0 aliphatic rings. The molecular formula is C19H15NO2. The number of para-hydroxylation sites is 1. The van der Waals surface area contributed by atoms with E-state index >= 15 is 0 Å². The van der Waals surface area contributed by atoms with E-state index in [4.69, 9.17) is 4.74 Å². The number of hydrogen-bond acceptors (Lipinski definition) is 3. The Hall–Kier alpha value is -2.94. The van der Waals surface area contributed by atoms with Crippen molar-refractivity contribution < 1.29 is 9.53 Å². The number of carbonyl (C=O) groups is 1. The van der Waals surface area contributed by atoms with Crippen molar-refractivity contribution in [2.75, 3.05) is 6.61 Å². The van der Waals surface area contributed by atoms with E-state index < -0.39 is 0 Å². The lowest BCUT2D eigenvalue weighted by molar-refractivity contribution is 0.0552. The van der Waals surface area contributed by atoms with Gasteiger partial charge in [-0.1, -0.05) is 61.2 Å². The number of hydrogen-bond donors (Lipinski definition) is 0. The maximum absolute atomic E-state index is 12.3. The number of carbonyl (C=O) groups excluding carboxylic acids is 1. The SMILES string of the molecule is C=CCOC(=O)c1cc(-c2ccccc2)nc2ccccc12. The van der Waals surface area contributed by atoms with Crippen molar-refractivity contribution in [3.8, 4) is 11.3 Å². The van der Waals surface area contributed by atoms with E-state index in [2.05, 4.69) is 11.6 Å². The summed E-state index contributed by atoms with van der Waals surface area (Å²) in [6.45, 7) is 3.75. The van der Waals surface area contributed by atoms with Gasteiger partial charge in [0.1, 0.15) is 6.61 Å². The van der Waals surface area contributed by atoms with E-state index in [0.29, 0.717) is 5.56 Å². The Labute approximate surface area is 128 Å². The van der Waals surface area contributed by atoms with Gasteiger partial charge in [-0.3, -0.25) is 0 Å². The standard InChI is InChI=1S/C19H15NO2/c1-2-12-22-19(21)16-13-18(14-8-4-3-5-9-14)20-17-11-7-6-10-15(16)17/h2-11,13H,1,12H2. The lowest BCUT2D eigenvalue weighted by atomic mass is 10.0. The molecule has 0 fully saturated rings. The van der Waals surface area contributed by atoms with Crippen LogP contribution in [0.4, 0.5) is 0 Å². The van der Waals surface area contributed by atoms with Crippen molar-refractivity contribution in [3.63, 3.8) is 0 Å². The summed E-state index contributed by atoms with van der Waals surface area (Å²) < 4.78 is 5.19. The van der Waals surface area contributed by atoms with Crippen LogP contribution in [0.15, 0.2) is 73.3 Å². The average Bonchev–Trinajstić information content (AvgIpc) is 2.59. The summed E-state index contributed by atoms with van der Waals surface area (Å²) in [6, 6.07) is 19.1. The minimum absolute atomic E-state index is 0.191. The molecule has 0 bridgehead atoms. The summed E-state index contributed by atoms with van der Waals surface area (Å²) in [4.78, 5) is 16.9. The molecule has 3 aromatic rings. The van der Waals surface area contributed by atoms with E-state index in [9.17, 15) is 4.79 Å². The summed E-state index contributed by atoms with van der Waals surface area (Å²) in [5.74, 6) is -0.365. The highest BCUT2D eigenvalue weighted by molar-refractivity contribution is 6.04. The first-order valence-electron chi connectivity index (χ1n) is 7.03. The Morgan fingerprint density at radius 3 is 2.59 bits per heavy atom. The first-order valence-corrected chi connectivity index (χ1v) is 7.03. The molecular weight excluding hydrogens is 274 g/mol. The minimum Gasteiger partial charge on any atom is -0.458 e.